The molecule has 27 heavy (non-hydrogen) atoms. The number of anilines is 1. The third-order valence-corrected chi connectivity index (χ3v) is 4.88. The van der Waals surface area contributed by atoms with Crippen molar-refractivity contribution in [2.75, 3.05) is 25.0 Å². The number of hydrogen-bond donors (Lipinski definition) is 1. The molecule has 0 radical (unpaired) electrons. The summed E-state index contributed by atoms with van der Waals surface area (Å²) in [5.74, 6) is 0.393. The van der Waals surface area contributed by atoms with Crippen LogP contribution < -0.4 is 10.1 Å². The highest BCUT2D eigenvalue weighted by molar-refractivity contribution is 5.93. The second-order valence-electron chi connectivity index (χ2n) is 6.82. The monoisotopic (exact) mass is 366 g/mol. The first-order valence-electron chi connectivity index (χ1n) is 9.51. The fourth-order valence-electron chi connectivity index (χ4n) is 3.24. The van der Waals surface area contributed by atoms with E-state index in [4.69, 9.17) is 4.74 Å². The zero-order valence-electron chi connectivity index (χ0n) is 15.7. The fraction of sp³-hybridized carbons (Fsp3) is 0.364. The Kier molecular flexibility index (Phi) is 6.47. The van der Waals surface area contributed by atoms with Crippen LogP contribution in [0.15, 0.2) is 54.6 Å². The molecule has 2 aromatic carbocycles. The van der Waals surface area contributed by atoms with Crippen molar-refractivity contribution in [1.29, 1.82) is 0 Å². The number of para-hydroxylation sites is 1. The maximum Gasteiger partial charge on any atom is 0.260 e. The quantitative estimate of drug-likeness (QED) is 0.851. The van der Waals surface area contributed by atoms with Crippen molar-refractivity contribution in [3.05, 3.63) is 60.2 Å². The van der Waals surface area contributed by atoms with Gasteiger partial charge in [-0.15, -0.1) is 0 Å². The van der Waals surface area contributed by atoms with Crippen LogP contribution in [-0.4, -0.2) is 36.4 Å². The summed E-state index contributed by atoms with van der Waals surface area (Å²) in [5.41, 5.74) is 2.02. The number of ether oxygens (including phenoxy) is 1. The van der Waals surface area contributed by atoms with Crippen molar-refractivity contribution < 1.29 is 14.3 Å². The van der Waals surface area contributed by atoms with Gasteiger partial charge in [0, 0.05) is 18.8 Å². The fourth-order valence-corrected chi connectivity index (χ4v) is 3.24. The molecule has 2 aromatic rings. The molecule has 5 nitrogen and oxygen atoms in total. The maximum absolute atomic E-state index is 12.5. The average molecular weight is 366 g/mol. The lowest BCUT2D eigenvalue weighted by molar-refractivity contribution is -0.136. The van der Waals surface area contributed by atoms with Crippen LogP contribution in [-0.2, 0) is 16.0 Å². The molecule has 1 atom stereocenters. The lowest BCUT2D eigenvalue weighted by atomic mass is 9.97. The smallest absolute Gasteiger partial charge is 0.260 e. The van der Waals surface area contributed by atoms with E-state index in [9.17, 15) is 9.59 Å². The number of rotatable bonds is 6. The number of nitrogens with one attached hydrogen (secondary N) is 1. The molecular weight excluding hydrogens is 340 g/mol. The Bertz CT molecular complexity index is 759. The lowest BCUT2D eigenvalue weighted by Crippen LogP contribution is -2.45. The van der Waals surface area contributed by atoms with E-state index in [0.717, 1.165) is 24.9 Å². The van der Waals surface area contributed by atoms with Gasteiger partial charge < -0.3 is 15.0 Å². The minimum absolute atomic E-state index is 0.00149. The molecule has 1 aliphatic heterocycles. The average Bonchev–Trinajstić information content (AvgIpc) is 2.73. The van der Waals surface area contributed by atoms with E-state index in [1.807, 2.05) is 54.6 Å². The number of benzene rings is 2. The molecule has 0 unspecified atom stereocenters. The van der Waals surface area contributed by atoms with Crippen LogP contribution in [0.5, 0.6) is 5.75 Å². The van der Waals surface area contributed by atoms with Gasteiger partial charge in [0.15, 0.2) is 6.61 Å². The predicted octanol–water partition coefficient (Wildman–Crippen LogP) is 3.51. The van der Waals surface area contributed by atoms with Crippen LogP contribution >= 0.6 is 0 Å². The number of aryl methyl sites for hydroxylation is 1. The SMILES string of the molecule is CCc1ccc(OCC(=O)N2CCC[C@@H](C(=O)Nc3ccccc3)C2)cc1. The van der Waals surface area contributed by atoms with Crippen molar-refractivity contribution in [2.45, 2.75) is 26.2 Å². The van der Waals surface area contributed by atoms with Gasteiger partial charge in [0.25, 0.3) is 5.91 Å². The van der Waals surface area contributed by atoms with Gasteiger partial charge in [0.2, 0.25) is 5.91 Å². The zero-order chi connectivity index (χ0) is 19.1. The highest BCUT2D eigenvalue weighted by Gasteiger charge is 2.28. The second kappa shape index (κ2) is 9.21. The highest BCUT2D eigenvalue weighted by Crippen LogP contribution is 2.19. The molecule has 0 aliphatic carbocycles. The summed E-state index contributed by atoms with van der Waals surface area (Å²) in [6, 6.07) is 17.2. The second-order valence-corrected chi connectivity index (χ2v) is 6.82. The van der Waals surface area contributed by atoms with Crippen molar-refractivity contribution in [3.63, 3.8) is 0 Å². The Hall–Kier alpha value is -2.82. The molecule has 1 fully saturated rings. The van der Waals surface area contributed by atoms with Crippen LogP contribution in [0.3, 0.4) is 0 Å². The Morgan fingerprint density at radius 2 is 1.85 bits per heavy atom. The van der Waals surface area contributed by atoms with Gasteiger partial charge in [0.05, 0.1) is 5.92 Å². The third-order valence-electron chi connectivity index (χ3n) is 4.88. The predicted molar refractivity (Wildman–Crippen MR) is 106 cm³/mol. The lowest BCUT2D eigenvalue weighted by Gasteiger charge is -2.32. The van der Waals surface area contributed by atoms with Gasteiger partial charge in [0.1, 0.15) is 5.75 Å². The minimum atomic E-state index is -0.188. The van der Waals surface area contributed by atoms with Crippen molar-refractivity contribution in [3.8, 4) is 5.75 Å². The molecule has 1 N–H and O–H groups in total. The Balaban J connectivity index is 1.50. The maximum atomic E-state index is 12.5. The molecule has 0 saturated carbocycles. The van der Waals surface area contributed by atoms with Crippen LogP contribution in [0.2, 0.25) is 0 Å². The van der Waals surface area contributed by atoms with Gasteiger partial charge in [-0.25, -0.2) is 0 Å². The number of nitrogens with zero attached hydrogens (tertiary/aromatic N) is 1. The van der Waals surface area contributed by atoms with Crippen LogP contribution in [0.1, 0.15) is 25.3 Å². The molecule has 1 saturated heterocycles. The van der Waals surface area contributed by atoms with Crippen LogP contribution in [0.4, 0.5) is 5.69 Å². The molecule has 3 rings (SSSR count). The van der Waals surface area contributed by atoms with E-state index in [0.29, 0.717) is 18.8 Å². The van der Waals surface area contributed by atoms with E-state index in [2.05, 4.69) is 12.2 Å². The van der Waals surface area contributed by atoms with Crippen LogP contribution in [0.25, 0.3) is 0 Å². The largest absolute Gasteiger partial charge is 0.484 e. The molecule has 2 amide bonds. The Morgan fingerprint density at radius 1 is 1.11 bits per heavy atom. The molecule has 5 heteroatoms. The van der Waals surface area contributed by atoms with Crippen molar-refractivity contribution in [2.24, 2.45) is 5.92 Å². The molecular formula is C22H26N2O3. The molecule has 0 spiro atoms. The van der Waals surface area contributed by atoms with E-state index in [1.165, 1.54) is 5.56 Å². The first kappa shape index (κ1) is 19.0. The number of likely N-dealkylation sites (tertiary alicyclic amines) is 1. The highest BCUT2D eigenvalue weighted by atomic mass is 16.5. The summed E-state index contributed by atoms with van der Waals surface area (Å²) in [6.45, 7) is 3.21. The van der Waals surface area contributed by atoms with Crippen molar-refractivity contribution >= 4 is 17.5 Å². The molecule has 1 aliphatic rings. The summed E-state index contributed by atoms with van der Waals surface area (Å²) in [7, 11) is 0. The summed E-state index contributed by atoms with van der Waals surface area (Å²) < 4.78 is 5.62. The van der Waals surface area contributed by atoms with Crippen LogP contribution in [0, 0.1) is 5.92 Å². The Morgan fingerprint density at radius 3 is 2.56 bits per heavy atom. The topological polar surface area (TPSA) is 58.6 Å². The first-order chi connectivity index (χ1) is 13.2. The summed E-state index contributed by atoms with van der Waals surface area (Å²) >= 11 is 0. The van der Waals surface area contributed by atoms with Gasteiger partial charge in [-0.3, -0.25) is 9.59 Å². The zero-order valence-corrected chi connectivity index (χ0v) is 15.7. The van der Waals surface area contributed by atoms with Gasteiger partial charge >= 0.3 is 0 Å². The normalized spacial score (nSPS) is 16.6. The van der Waals surface area contributed by atoms with E-state index >= 15 is 0 Å². The summed E-state index contributed by atoms with van der Waals surface area (Å²) in [6.07, 6.45) is 2.59. The molecule has 142 valence electrons. The minimum Gasteiger partial charge on any atom is -0.484 e. The number of carbonyl (C=O) groups excluding carboxylic acids is 2. The van der Waals surface area contributed by atoms with Gasteiger partial charge in [-0.1, -0.05) is 37.3 Å². The first-order valence-corrected chi connectivity index (χ1v) is 9.51. The summed E-state index contributed by atoms with van der Waals surface area (Å²) in [4.78, 5) is 26.7. The van der Waals surface area contributed by atoms with E-state index < -0.39 is 0 Å². The standard InChI is InChI=1S/C22H26N2O3/c1-2-17-10-12-20(13-11-17)27-16-21(25)24-14-6-7-18(15-24)22(26)23-19-8-4-3-5-9-19/h3-5,8-13,18H,2,6-7,14-16H2,1H3,(H,23,26)/t18-/m1/s1. The van der Waals surface area contributed by atoms with E-state index in [1.54, 1.807) is 4.90 Å². The molecule has 0 bridgehead atoms. The summed E-state index contributed by atoms with van der Waals surface area (Å²) in [5, 5.41) is 2.93. The third kappa shape index (κ3) is 5.33. The molecule has 1 heterocycles. The Labute approximate surface area is 160 Å². The number of hydrogen-bond acceptors (Lipinski definition) is 3. The van der Waals surface area contributed by atoms with E-state index in [-0.39, 0.29) is 24.3 Å². The van der Waals surface area contributed by atoms with Gasteiger partial charge in [-0.05, 0) is 49.1 Å². The van der Waals surface area contributed by atoms with Gasteiger partial charge in [-0.2, -0.15) is 0 Å². The number of carbonyl (C=O) groups is 2. The van der Waals surface area contributed by atoms with Crippen molar-refractivity contribution in [1.82, 2.24) is 4.90 Å². The number of piperidine rings is 1. The molecule has 0 aromatic heterocycles. The number of amides is 2.